The van der Waals surface area contributed by atoms with Gasteiger partial charge in [0.05, 0.1) is 6.10 Å². The maximum atomic E-state index is 10.4. The van der Waals surface area contributed by atoms with Gasteiger partial charge in [-0.05, 0) is 38.1 Å². The van der Waals surface area contributed by atoms with Gasteiger partial charge in [0.2, 0.25) is 0 Å². The van der Waals surface area contributed by atoms with E-state index in [9.17, 15) is 5.11 Å². The summed E-state index contributed by atoms with van der Waals surface area (Å²) in [5.41, 5.74) is 0.751. The highest BCUT2D eigenvalue weighted by atomic mass is 79.9. The monoisotopic (exact) mass is 311 g/mol. The zero-order chi connectivity index (χ0) is 12.8. The van der Waals surface area contributed by atoms with Crippen molar-refractivity contribution in [3.8, 4) is 5.75 Å². The zero-order valence-corrected chi connectivity index (χ0v) is 12.1. The van der Waals surface area contributed by atoms with Crippen molar-refractivity contribution in [3.05, 3.63) is 28.2 Å². The van der Waals surface area contributed by atoms with Crippen LogP contribution < -0.4 is 4.74 Å². The fourth-order valence-corrected chi connectivity index (χ4v) is 3.32. The van der Waals surface area contributed by atoms with E-state index < -0.39 is 6.10 Å². The molecule has 18 heavy (non-hydrogen) atoms. The van der Waals surface area contributed by atoms with E-state index in [0.29, 0.717) is 6.42 Å². The average Bonchev–Trinajstić information content (AvgIpc) is 2.35. The molecular formula is C14H18BrNO2. The first kappa shape index (κ1) is 12.5. The van der Waals surface area contributed by atoms with E-state index >= 15 is 0 Å². The molecule has 1 unspecified atom stereocenters. The molecule has 2 aliphatic rings. The topological polar surface area (TPSA) is 32.7 Å². The molecule has 3 rings (SSSR count). The summed E-state index contributed by atoms with van der Waals surface area (Å²) in [6.45, 7) is 2.08. The van der Waals surface area contributed by atoms with E-state index in [1.165, 1.54) is 0 Å². The maximum absolute atomic E-state index is 10.4. The van der Waals surface area contributed by atoms with Crippen molar-refractivity contribution in [2.24, 2.45) is 0 Å². The van der Waals surface area contributed by atoms with Gasteiger partial charge < -0.3 is 14.7 Å². The maximum Gasteiger partial charge on any atom is 0.126 e. The summed E-state index contributed by atoms with van der Waals surface area (Å²) < 4.78 is 7.22. The molecule has 0 saturated carbocycles. The summed E-state index contributed by atoms with van der Waals surface area (Å²) in [6.07, 6.45) is 2.30. The molecule has 3 nitrogen and oxygen atoms in total. The second kappa shape index (κ2) is 4.51. The van der Waals surface area contributed by atoms with Crippen LogP contribution in [0, 0.1) is 0 Å². The molecule has 2 aliphatic heterocycles. The first-order valence-electron chi connectivity index (χ1n) is 6.43. The van der Waals surface area contributed by atoms with Crippen molar-refractivity contribution >= 4 is 15.9 Å². The van der Waals surface area contributed by atoms with Crippen molar-refractivity contribution in [1.29, 1.82) is 0 Å². The highest BCUT2D eigenvalue weighted by Gasteiger charge is 2.42. The minimum atomic E-state index is -0.408. The third-order valence-corrected chi connectivity index (χ3v) is 4.61. The Morgan fingerprint density at radius 3 is 2.83 bits per heavy atom. The van der Waals surface area contributed by atoms with Gasteiger partial charge in [0.1, 0.15) is 11.4 Å². The lowest BCUT2D eigenvalue weighted by Crippen LogP contribution is -2.49. The number of hydrogen-bond donors (Lipinski definition) is 1. The summed E-state index contributed by atoms with van der Waals surface area (Å²) in [5, 5.41) is 10.4. The SMILES string of the molecule is CN1CCC2(CC1)CC(O)c1cc(Br)ccc1O2. The molecule has 1 fully saturated rings. The fourth-order valence-electron chi connectivity index (χ4n) is 2.94. The molecule has 98 valence electrons. The van der Waals surface area contributed by atoms with E-state index in [1.807, 2.05) is 18.2 Å². The van der Waals surface area contributed by atoms with Crippen LogP contribution in [0.1, 0.15) is 30.9 Å². The molecule has 0 radical (unpaired) electrons. The second-order valence-corrected chi connectivity index (χ2v) is 6.41. The number of piperidine rings is 1. The smallest absolute Gasteiger partial charge is 0.126 e. The van der Waals surface area contributed by atoms with Crippen molar-refractivity contribution in [1.82, 2.24) is 4.90 Å². The van der Waals surface area contributed by atoms with Gasteiger partial charge in [-0.25, -0.2) is 0 Å². The molecule has 0 bridgehead atoms. The molecule has 1 aromatic carbocycles. The predicted molar refractivity (Wildman–Crippen MR) is 73.8 cm³/mol. The molecule has 1 aromatic rings. The van der Waals surface area contributed by atoms with Crippen LogP contribution in [0.4, 0.5) is 0 Å². The number of rotatable bonds is 0. The lowest BCUT2D eigenvalue weighted by molar-refractivity contribution is -0.0503. The number of halogens is 1. The van der Waals surface area contributed by atoms with Crippen LogP contribution in [0.5, 0.6) is 5.75 Å². The number of aliphatic hydroxyl groups excluding tert-OH is 1. The number of fused-ring (bicyclic) bond motifs is 1. The first-order chi connectivity index (χ1) is 8.58. The van der Waals surface area contributed by atoms with Crippen molar-refractivity contribution in [3.63, 3.8) is 0 Å². The summed E-state index contributed by atoms with van der Waals surface area (Å²) in [6, 6.07) is 5.89. The first-order valence-corrected chi connectivity index (χ1v) is 7.22. The van der Waals surface area contributed by atoms with Gasteiger partial charge in [0.25, 0.3) is 0 Å². The van der Waals surface area contributed by atoms with Crippen molar-refractivity contribution in [2.75, 3.05) is 20.1 Å². The Balaban J connectivity index is 1.89. The molecule has 1 N–H and O–H groups in total. The van der Waals surface area contributed by atoms with E-state index in [-0.39, 0.29) is 5.60 Å². The van der Waals surface area contributed by atoms with Crippen LogP contribution in [0.2, 0.25) is 0 Å². The summed E-state index contributed by atoms with van der Waals surface area (Å²) in [5.74, 6) is 0.849. The van der Waals surface area contributed by atoms with Crippen molar-refractivity contribution < 1.29 is 9.84 Å². The van der Waals surface area contributed by atoms with E-state index in [1.54, 1.807) is 0 Å². The van der Waals surface area contributed by atoms with Crippen LogP contribution in [-0.4, -0.2) is 35.7 Å². The Bertz CT molecular complexity index is 455. The normalized spacial score (nSPS) is 26.7. The minimum absolute atomic E-state index is 0.160. The number of benzene rings is 1. The van der Waals surface area contributed by atoms with E-state index in [0.717, 1.165) is 41.7 Å². The number of likely N-dealkylation sites (tertiary alicyclic amines) is 1. The number of aliphatic hydroxyl groups is 1. The predicted octanol–water partition coefficient (Wildman–Crippen LogP) is 2.73. The van der Waals surface area contributed by atoms with Gasteiger partial charge in [-0.15, -0.1) is 0 Å². The van der Waals surface area contributed by atoms with Crippen LogP contribution >= 0.6 is 15.9 Å². The Hall–Kier alpha value is -0.580. The summed E-state index contributed by atoms with van der Waals surface area (Å²) in [4.78, 5) is 2.32. The molecule has 4 heteroatoms. The van der Waals surface area contributed by atoms with Gasteiger partial charge in [0.15, 0.2) is 0 Å². The number of ether oxygens (including phenoxy) is 1. The Labute approximate surface area is 116 Å². The van der Waals surface area contributed by atoms with Crippen molar-refractivity contribution in [2.45, 2.75) is 31.0 Å². The zero-order valence-electron chi connectivity index (χ0n) is 10.5. The lowest BCUT2D eigenvalue weighted by atomic mass is 9.82. The average molecular weight is 312 g/mol. The highest BCUT2D eigenvalue weighted by molar-refractivity contribution is 9.10. The van der Waals surface area contributed by atoms with Gasteiger partial charge in [-0.3, -0.25) is 0 Å². The van der Waals surface area contributed by atoms with Crippen LogP contribution in [-0.2, 0) is 0 Å². The second-order valence-electron chi connectivity index (χ2n) is 5.49. The fraction of sp³-hybridized carbons (Fsp3) is 0.571. The Morgan fingerprint density at radius 1 is 1.39 bits per heavy atom. The molecule has 1 spiro atoms. The molecule has 2 heterocycles. The molecule has 0 aromatic heterocycles. The van der Waals surface area contributed by atoms with E-state index in [4.69, 9.17) is 4.74 Å². The lowest BCUT2D eigenvalue weighted by Gasteiger charge is -2.45. The van der Waals surface area contributed by atoms with Crippen LogP contribution in [0.15, 0.2) is 22.7 Å². The van der Waals surface area contributed by atoms with Gasteiger partial charge in [0, 0.05) is 29.5 Å². The third kappa shape index (κ3) is 2.17. The van der Waals surface area contributed by atoms with Crippen LogP contribution in [0.3, 0.4) is 0 Å². The molecule has 0 aliphatic carbocycles. The Kier molecular flexibility index (Phi) is 3.12. The third-order valence-electron chi connectivity index (χ3n) is 4.12. The van der Waals surface area contributed by atoms with Gasteiger partial charge in [-0.2, -0.15) is 0 Å². The molecule has 1 saturated heterocycles. The van der Waals surface area contributed by atoms with Gasteiger partial charge in [-0.1, -0.05) is 15.9 Å². The summed E-state index contributed by atoms with van der Waals surface area (Å²) >= 11 is 3.44. The Morgan fingerprint density at radius 2 is 2.11 bits per heavy atom. The molecular weight excluding hydrogens is 294 g/mol. The van der Waals surface area contributed by atoms with E-state index in [2.05, 4.69) is 27.9 Å². The number of hydrogen-bond acceptors (Lipinski definition) is 3. The molecule has 1 atom stereocenters. The number of nitrogens with zero attached hydrogens (tertiary/aromatic N) is 1. The summed E-state index contributed by atoms with van der Waals surface area (Å²) in [7, 11) is 2.14. The standard InChI is InChI=1S/C14H18BrNO2/c1-16-6-4-14(5-7-16)9-12(17)11-8-10(15)2-3-13(11)18-14/h2-3,8,12,17H,4-7,9H2,1H3. The highest BCUT2D eigenvalue weighted by Crippen LogP contribution is 2.44. The largest absolute Gasteiger partial charge is 0.487 e. The van der Waals surface area contributed by atoms with Gasteiger partial charge >= 0.3 is 0 Å². The van der Waals surface area contributed by atoms with Crippen LogP contribution in [0.25, 0.3) is 0 Å². The minimum Gasteiger partial charge on any atom is -0.487 e. The molecule has 0 amide bonds. The quantitative estimate of drug-likeness (QED) is 0.799.